The lowest BCUT2D eigenvalue weighted by molar-refractivity contribution is -0.118. The SMILES string of the molecule is O=C1C(N=C(c2ccccc2)c2ccccc2)c2ccccc2N1c1ccncc1. The number of carbonyl (C=O) groups excluding carboxylic acids is 1. The molecular formula is C26H19N3O. The van der Waals surface area contributed by atoms with Crippen LogP contribution >= 0.6 is 0 Å². The molecule has 0 bridgehead atoms. The zero-order valence-corrected chi connectivity index (χ0v) is 16.2. The maximum atomic E-state index is 13.6. The minimum Gasteiger partial charge on any atom is -0.278 e. The Morgan fingerprint density at radius 1 is 0.733 bits per heavy atom. The third-order valence-electron chi connectivity index (χ3n) is 5.20. The van der Waals surface area contributed by atoms with E-state index in [0.29, 0.717) is 0 Å². The van der Waals surface area contributed by atoms with E-state index in [1.807, 2.05) is 97.1 Å². The van der Waals surface area contributed by atoms with Crippen molar-refractivity contribution in [2.75, 3.05) is 4.90 Å². The first kappa shape index (κ1) is 18.0. The Kier molecular flexibility index (Phi) is 4.66. The minimum absolute atomic E-state index is 0.0632. The van der Waals surface area contributed by atoms with Gasteiger partial charge in [0.25, 0.3) is 5.91 Å². The predicted molar refractivity (Wildman–Crippen MR) is 119 cm³/mol. The summed E-state index contributed by atoms with van der Waals surface area (Å²) < 4.78 is 0. The van der Waals surface area contributed by atoms with Crippen LogP contribution < -0.4 is 4.90 Å². The number of fused-ring (bicyclic) bond motifs is 1. The van der Waals surface area contributed by atoms with Gasteiger partial charge in [0.15, 0.2) is 6.04 Å². The van der Waals surface area contributed by atoms with Gasteiger partial charge >= 0.3 is 0 Å². The fourth-order valence-electron chi connectivity index (χ4n) is 3.82. The molecule has 1 aliphatic rings. The normalized spacial score (nSPS) is 15.0. The van der Waals surface area contributed by atoms with Crippen LogP contribution in [-0.2, 0) is 4.79 Å². The average molecular weight is 389 g/mol. The van der Waals surface area contributed by atoms with Crippen molar-refractivity contribution in [1.29, 1.82) is 0 Å². The van der Waals surface area contributed by atoms with Gasteiger partial charge in [-0.2, -0.15) is 0 Å². The Hall–Kier alpha value is -4.05. The van der Waals surface area contributed by atoms with Crippen molar-refractivity contribution in [3.63, 3.8) is 0 Å². The summed E-state index contributed by atoms with van der Waals surface area (Å²) in [6.07, 6.45) is 3.39. The second kappa shape index (κ2) is 7.76. The number of nitrogens with zero attached hydrogens (tertiary/aromatic N) is 3. The maximum Gasteiger partial charge on any atom is 0.261 e. The molecule has 0 saturated carbocycles. The topological polar surface area (TPSA) is 45.6 Å². The van der Waals surface area contributed by atoms with Crippen LogP contribution in [0.5, 0.6) is 0 Å². The van der Waals surface area contributed by atoms with Gasteiger partial charge in [-0.15, -0.1) is 0 Å². The molecule has 4 aromatic rings. The van der Waals surface area contributed by atoms with E-state index in [2.05, 4.69) is 4.98 Å². The molecule has 0 spiro atoms. The first-order chi connectivity index (χ1) is 14.8. The molecule has 144 valence electrons. The van der Waals surface area contributed by atoms with Crippen molar-refractivity contribution in [2.24, 2.45) is 4.99 Å². The lowest BCUT2D eigenvalue weighted by Gasteiger charge is -2.17. The van der Waals surface area contributed by atoms with Crippen LogP contribution in [0.15, 0.2) is 114 Å². The van der Waals surface area contributed by atoms with Crippen LogP contribution in [0, 0.1) is 0 Å². The van der Waals surface area contributed by atoms with E-state index in [4.69, 9.17) is 4.99 Å². The summed E-state index contributed by atoms with van der Waals surface area (Å²) in [4.78, 5) is 24.4. The van der Waals surface area contributed by atoms with Gasteiger partial charge in [0.05, 0.1) is 17.1 Å². The van der Waals surface area contributed by atoms with Crippen LogP contribution in [-0.4, -0.2) is 16.6 Å². The molecule has 2 heterocycles. The molecule has 4 nitrogen and oxygen atoms in total. The van der Waals surface area contributed by atoms with E-state index >= 15 is 0 Å². The van der Waals surface area contributed by atoms with Gasteiger partial charge < -0.3 is 0 Å². The van der Waals surface area contributed by atoms with Gasteiger partial charge in [0, 0.05) is 29.1 Å². The van der Waals surface area contributed by atoms with Gasteiger partial charge in [0.2, 0.25) is 0 Å². The number of amides is 1. The molecule has 0 N–H and O–H groups in total. The fourth-order valence-corrected chi connectivity index (χ4v) is 3.82. The monoisotopic (exact) mass is 389 g/mol. The number of para-hydroxylation sites is 1. The highest BCUT2D eigenvalue weighted by Gasteiger charge is 2.38. The Morgan fingerprint density at radius 2 is 1.30 bits per heavy atom. The number of aromatic nitrogens is 1. The molecule has 5 rings (SSSR count). The third-order valence-corrected chi connectivity index (χ3v) is 5.20. The first-order valence-corrected chi connectivity index (χ1v) is 9.84. The Morgan fingerprint density at radius 3 is 1.93 bits per heavy atom. The summed E-state index contributed by atoms with van der Waals surface area (Å²) in [6.45, 7) is 0. The Balaban J connectivity index is 1.67. The maximum absolute atomic E-state index is 13.6. The lowest BCUT2D eigenvalue weighted by Crippen LogP contribution is -2.24. The smallest absolute Gasteiger partial charge is 0.261 e. The number of pyridine rings is 1. The third kappa shape index (κ3) is 3.18. The Bertz CT molecular complexity index is 1160. The summed E-state index contributed by atoms with van der Waals surface area (Å²) in [6, 6.07) is 30.9. The molecule has 1 amide bonds. The van der Waals surface area contributed by atoms with Gasteiger partial charge in [0.1, 0.15) is 0 Å². The van der Waals surface area contributed by atoms with Crippen LogP contribution in [0.4, 0.5) is 11.4 Å². The average Bonchev–Trinajstić information content (AvgIpc) is 3.10. The van der Waals surface area contributed by atoms with E-state index in [9.17, 15) is 4.79 Å². The molecule has 1 aliphatic heterocycles. The Labute approximate surface area is 175 Å². The van der Waals surface area contributed by atoms with Gasteiger partial charge in [-0.3, -0.25) is 19.7 Å². The first-order valence-electron chi connectivity index (χ1n) is 9.84. The number of hydrogen-bond donors (Lipinski definition) is 0. The summed E-state index contributed by atoms with van der Waals surface area (Å²) in [5, 5.41) is 0. The van der Waals surface area contributed by atoms with E-state index in [-0.39, 0.29) is 5.91 Å². The van der Waals surface area contributed by atoms with Gasteiger partial charge in [-0.1, -0.05) is 78.9 Å². The molecule has 1 aromatic heterocycles. The molecule has 0 radical (unpaired) electrons. The second-order valence-electron chi connectivity index (χ2n) is 7.05. The summed E-state index contributed by atoms with van der Waals surface area (Å²) in [5.41, 5.74) is 5.33. The predicted octanol–water partition coefficient (Wildman–Crippen LogP) is 5.34. The largest absolute Gasteiger partial charge is 0.278 e. The molecule has 0 saturated heterocycles. The van der Waals surface area contributed by atoms with Crippen LogP contribution in [0.1, 0.15) is 22.7 Å². The van der Waals surface area contributed by atoms with Crippen LogP contribution in [0.2, 0.25) is 0 Å². The van der Waals surface area contributed by atoms with E-state index in [1.165, 1.54) is 0 Å². The van der Waals surface area contributed by atoms with Crippen molar-refractivity contribution in [3.05, 3.63) is 126 Å². The minimum atomic E-state index is -0.607. The van der Waals surface area contributed by atoms with E-state index < -0.39 is 6.04 Å². The molecule has 30 heavy (non-hydrogen) atoms. The molecular weight excluding hydrogens is 370 g/mol. The number of hydrogen-bond acceptors (Lipinski definition) is 3. The van der Waals surface area contributed by atoms with Crippen molar-refractivity contribution in [2.45, 2.75) is 6.04 Å². The summed E-state index contributed by atoms with van der Waals surface area (Å²) in [7, 11) is 0. The highest BCUT2D eigenvalue weighted by atomic mass is 16.2. The van der Waals surface area contributed by atoms with Gasteiger partial charge in [-0.05, 0) is 18.2 Å². The van der Waals surface area contributed by atoms with Crippen molar-refractivity contribution in [3.8, 4) is 0 Å². The van der Waals surface area contributed by atoms with Crippen LogP contribution in [0.3, 0.4) is 0 Å². The van der Waals surface area contributed by atoms with Crippen molar-refractivity contribution < 1.29 is 4.79 Å². The molecule has 4 heteroatoms. The fraction of sp³-hybridized carbons (Fsp3) is 0.0385. The second-order valence-corrected chi connectivity index (χ2v) is 7.05. The zero-order chi connectivity index (χ0) is 20.3. The lowest BCUT2D eigenvalue weighted by atomic mass is 10.0. The number of aliphatic imine (C=N–C) groups is 1. The standard InChI is InChI=1S/C26H19N3O/c30-26-25(22-13-7-8-14-23(22)29(26)21-15-17-27-18-16-21)28-24(19-9-3-1-4-10-19)20-11-5-2-6-12-20/h1-18,25H. The van der Waals surface area contributed by atoms with E-state index in [0.717, 1.165) is 33.8 Å². The summed E-state index contributed by atoms with van der Waals surface area (Å²) >= 11 is 0. The van der Waals surface area contributed by atoms with E-state index in [1.54, 1.807) is 17.3 Å². The molecule has 1 atom stereocenters. The van der Waals surface area contributed by atoms with Gasteiger partial charge in [-0.25, -0.2) is 0 Å². The highest BCUT2D eigenvalue weighted by Crippen LogP contribution is 2.42. The van der Waals surface area contributed by atoms with Crippen molar-refractivity contribution in [1.82, 2.24) is 4.98 Å². The summed E-state index contributed by atoms with van der Waals surface area (Å²) in [5.74, 6) is -0.0632. The molecule has 0 fully saturated rings. The molecule has 0 aliphatic carbocycles. The van der Waals surface area contributed by atoms with Crippen LogP contribution in [0.25, 0.3) is 0 Å². The van der Waals surface area contributed by atoms with Crippen molar-refractivity contribution >= 4 is 23.0 Å². The number of carbonyl (C=O) groups is 1. The molecule has 3 aromatic carbocycles. The highest BCUT2D eigenvalue weighted by molar-refractivity contribution is 6.16. The number of rotatable bonds is 4. The number of anilines is 2. The zero-order valence-electron chi connectivity index (χ0n) is 16.2. The quantitative estimate of drug-likeness (QED) is 0.442. The number of benzene rings is 3. The molecule has 1 unspecified atom stereocenters.